The monoisotopic (exact) mass is 502 g/mol. The second-order valence-electron chi connectivity index (χ2n) is 10.9. The number of amides is 2. The molecule has 4 rings (SSSR count). The second kappa shape index (κ2) is 11.3. The van der Waals surface area contributed by atoms with E-state index in [1.807, 2.05) is 55.5 Å². The Kier molecular flexibility index (Phi) is 8.13. The molecule has 37 heavy (non-hydrogen) atoms. The Bertz CT molecular complexity index is 1230. The molecule has 2 atom stereocenters. The fraction of sp³-hybridized carbons (Fsp3) is 0.433. The molecule has 0 bridgehead atoms. The van der Waals surface area contributed by atoms with Gasteiger partial charge in [0.15, 0.2) is 0 Å². The van der Waals surface area contributed by atoms with Crippen LogP contribution < -0.4 is 5.32 Å². The van der Waals surface area contributed by atoms with Crippen molar-refractivity contribution in [2.45, 2.75) is 51.9 Å². The molecular formula is C30H38N4O3. The molecule has 1 N–H and O–H groups in total. The van der Waals surface area contributed by atoms with Gasteiger partial charge in [-0.15, -0.1) is 0 Å². The van der Waals surface area contributed by atoms with E-state index in [-0.39, 0.29) is 35.6 Å². The minimum atomic E-state index is -0.239. The first-order chi connectivity index (χ1) is 17.7. The fourth-order valence-corrected chi connectivity index (χ4v) is 4.59. The van der Waals surface area contributed by atoms with E-state index in [0.717, 1.165) is 23.4 Å². The van der Waals surface area contributed by atoms with Gasteiger partial charge in [0.25, 0.3) is 0 Å². The quantitative estimate of drug-likeness (QED) is 0.392. The average Bonchev–Trinajstić information content (AvgIpc) is 3.55. The summed E-state index contributed by atoms with van der Waals surface area (Å²) in [6.45, 7) is 9.31. The third-order valence-corrected chi connectivity index (χ3v) is 6.75. The van der Waals surface area contributed by atoms with Crippen LogP contribution in [0.15, 0.2) is 60.7 Å². The first-order valence-electron chi connectivity index (χ1n) is 13.0. The van der Waals surface area contributed by atoms with Gasteiger partial charge >= 0.3 is 0 Å². The molecule has 1 fully saturated rings. The third-order valence-electron chi connectivity index (χ3n) is 6.75. The standard InChI is InChI=1S/C30H38N4O3/c1-21-11-9-14-23(17-21)34-27(19-26(32-34)30(2,3)4)31-28(35)20-33(15-10-16-37-5)29(36)25-18-24(25)22-12-7-6-8-13-22/h6-9,11-14,17,19,24-25H,10,15-16,18,20H2,1-5H3,(H,31,35). The van der Waals surface area contributed by atoms with E-state index in [9.17, 15) is 9.59 Å². The highest BCUT2D eigenvalue weighted by molar-refractivity contribution is 5.95. The molecule has 1 aromatic heterocycles. The predicted molar refractivity (Wildman–Crippen MR) is 146 cm³/mol. The molecule has 0 spiro atoms. The van der Waals surface area contributed by atoms with Crippen molar-refractivity contribution in [2.24, 2.45) is 5.92 Å². The van der Waals surface area contributed by atoms with Gasteiger partial charge in [0.1, 0.15) is 5.82 Å². The van der Waals surface area contributed by atoms with Gasteiger partial charge in [0.2, 0.25) is 11.8 Å². The summed E-state index contributed by atoms with van der Waals surface area (Å²) in [4.78, 5) is 28.4. The zero-order valence-corrected chi connectivity index (χ0v) is 22.5. The number of carbonyl (C=O) groups is 2. The van der Waals surface area contributed by atoms with Crippen LogP contribution in [0.25, 0.3) is 5.69 Å². The van der Waals surface area contributed by atoms with Gasteiger partial charge in [-0.05, 0) is 48.9 Å². The number of benzene rings is 2. The van der Waals surface area contributed by atoms with Gasteiger partial charge in [0.05, 0.1) is 17.9 Å². The number of hydrogen-bond donors (Lipinski definition) is 1. The van der Waals surface area contributed by atoms with Crippen molar-refractivity contribution in [2.75, 3.05) is 32.1 Å². The fourth-order valence-electron chi connectivity index (χ4n) is 4.59. The van der Waals surface area contributed by atoms with Gasteiger partial charge in [-0.3, -0.25) is 9.59 Å². The average molecular weight is 503 g/mol. The van der Waals surface area contributed by atoms with E-state index < -0.39 is 0 Å². The zero-order valence-electron chi connectivity index (χ0n) is 22.5. The molecule has 196 valence electrons. The third kappa shape index (κ3) is 6.66. The summed E-state index contributed by atoms with van der Waals surface area (Å²) in [5.74, 6) is 0.528. The minimum absolute atomic E-state index is 0.00952. The molecule has 1 saturated carbocycles. The van der Waals surface area contributed by atoms with Gasteiger partial charge < -0.3 is 15.0 Å². The van der Waals surface area contributed by atoms with Crippen LogP contribution in [0.5, 0.6) is 0 Å². The lowest BCUT2D eigenvalue weighted by molar-refractivity contribution is -0.136. The summed E-state index contributed by atoms with van der Waals surface area (Å²) in [6, 6.07) is 20.1. The Labute approximate surface area is 219 Å². The highest BCUT2D eigenvalue weighted by atomic mass is 16.5. The van der Waals surface area contributed by atoms with E-state index in [1.54, 1.807) is 16.7 Å². The van der Waals surface area contributed by atoms with Crippen LogP contribution in [0.4, 0.5) is 5.82 Å². The van der Waals surface area contributed by atoms with Crippen LogP contribution in [0.2, 0.25) is 0 Å². The van der Waals surface area contributed by atoms with Crippen molar-refractivity contribution in [3.8, 4) is 5.69 Å². The minimum Gasteiger partial charge on any atom is -0.385 e. The van der Waals surface area contributed by atoms with Crippen molar-refractivity contribution in [1.82, 2.24) is 14.7 Å². The van der Waals surface area contributed by atoms with Crippen LogP contribution in [0.3, 0.4) is 0 Å². The van der Waals surface area contributed by atoms with Gasteiger partial charge in [-0.25, -0.2) is 4.68 Å². The predicted octanol–water partition coefficient (Wildman–Crippen LogP) is 5.09. The first-order valence-corrected chi connectivity index (χ1v) is 13.0. The lowest BCUT2D eigenvalue weighted by Gasteiger charge is -2.22. The van der Waals surface area contributed by atoms with Crippen LogP contribution in [0, 0.1) is 12.8 Å². The number of nitrogens with zero attached hydrogens (tertiary/aromatic N) is 3. The van der Waals surface area contributed by atoms with Crippen molar-refractivity contribution in [1.29, 1.82) is 0 Å². The number of nitrogens with one attached hydrogen (secondary N) is 1. The normalized spacial score (nSPS) is 16.9. The summed E-state index contributed by atoms with van der Waals surface area (Å²) in [5.41, 5.74) is 3.85. The van der Waals surface area contributed by atoms with Crippen molar-refractivity contribution in [3.05, 3.63) is 77.5 Å². The Balaban J connectivity index is 1.51. The van der Waals surface area contributed by atoms with E-state index >= 15 is 0 Å². The van der Waals surface area contributed by atoms with Crippen molar-refractivity contribution >= 4 is 17.6 Å². The molecule has 0 radical (unpaired) electrons. The largest absolute Gasteiger partial charge is 0.385 e. The van der Waals surface area contributed by atoms with Crippen molar-refractivity contribution in [3.63, 3.8) is 0 Å². The molecule has 7 heteroatoms. The number of ether oxygens (including phenoxy) is 1. The highest BCUT2D eigenvalue weighted by Crippen LogP contribution is 2.48. The lowest BCUT2D eigenvalue weighted by Crippen LogP contribution is -2.40. The van der Waals surface area contributed by atoms with E-state index in [4.69, 9.17) is 9.84 Å². The van der Waals surface area contributed by atoms with Crippen LogP contribution in [0.1, 0.15) is 56.4 Å². The van der Waals surface area contributed by atoms with Crippen LogP contribution in [-0.4, -0.2) is 53.3 Å². The number of aromatic nitrogens is 2. The number of methoxy groups -OCH3 is 1. The molecule has 2 amide bonds. The van der Waals surface area contributed by atoms with E-state index in [1.165, 1.54) is 5.56 Å². The summed E-state index contributed by atoms with van der Waals surface area (Å²) < 4.78 is 6.97. The van der Waals surface area contributed by atoms with E-state index in [2.05, 4.69) is 38.2 Å². The highest BCUT2D eigenvalue weighted by Gasteiger charge is 2.45. The number of carbonyl (C=O) groups excluding carboxylic acids is 2. The summed E-state index contributed by atoms with van der Waals surface area (Å²) in [6.07, 6.45) is 1.49. The molecule has 7 nitrogen and oxygen atoms in total. The first kappa shape index (κ1) is 26.6. The van der Waals surface area contributed by atoms with Crippen molar-refractivity contribution < 1.29 is 14.3 Å². The molecular weight excluding hydrogens is 464 g/mol. The molecule has 1 aliphatic carbocycles. The smallest absolute Gasteiger partial charge is 0.245 e. The number of anilines is 1. The maximum atomic E-state index is 13.4. The summed E-state index contributed by atoms with van der Waals surface area (Å²) >= 11 is 0. The Hall–Kier alpha value is -3.45. The summed E-state index contributed by atoms with van der Waals surface area (Å²) in [5, 5.41) is 7.84. The molecule has 2 unspecified atom stereocenters. The molecule has 0 saturated heterocycles. The zero-order chi connectivity index (χ0) is 26.6. The number of aryl methyl sites for hydroxylation is 1. The van der Waals surface area contributed by atoms with Gasteiger partial charge in [-0.1, -0.05) is 63.2 Å². The number of rotatable bonds is 10. The Morgan fingerprint density at radius 2 is 1.86 bits per heavy atom. The summed E-state index contributed by atoms with van der Waals surface area (Å²) in [7, 11) is 1.64. The molecule has 3 aromatic rings. The topological polar surface area (TPSA) is 76.5 Å². The van der Waals surface area contributed by atoms with Crippen LogP contribution in [-0.2, 0) is 19.7 Å². The SMILES string of the molecule is COCCCN(CC(=O)Nc1cc(C(C)(C)C)nn1-c1cccc(C)c1)C(=O)C1CC1c1ccccc1. The Morgan fingerprint density at radius 3 is 2.54 bits per heavy atom. The number of hydrogen-bond acceptors (Lipinski definition) is 4. The maximum Gasteiger partial charge on any atom is 0.245 e. The maximum absolute atomic E-state index is 13.4. The second-order valence-corrected chi connectivity index (χ2v) is 10.9. The van der Waals surface area contributed by atoms with Crippen LogP contribution >= 0.6 is 0 Å². The molecule has 1 heterocycles. The van der Waals surface area contributed by atoms with Gasteiger partial charge in [0, 0.05) is 37.7 Å². The van der Waals surface area contributed by atoms with Gasteiger partial charge in [-0.2, -0.15) is 5.10 Å². The Morgan fingerprint density at radius 1 is 1.11 bits per heavy atom. The molecule has 1 aliphatic rings. The lowest BCUT2D eigenvalue weighted by atomic mass is 9.92. The van der Waals surface area contributed by atoms with E-state index in [0.29, 0.717) is 25.4 Å². The molecule has 0 aliphatic heterocycles. The molecule has 2 aromatic carbocycles.